The average molecular weight is 346 g/mol. The van der Waals surface area contributed by atoms with Gasteiger partial charge < -0.3 is 9.47 Å². The first kappa shape index (κ1) is 17.1. The van der Waals surface area contributed by atoms with Crippen molar-refractivity contribution in [2.45, 2.75) is 32.1 Å². The van der Waals surface area contributed by atoms with Crippen LogP contribution in [-0.2, 0) is 22.6 Å². The van der Waals surface area contributed by atoms with Crippen LogP contribution in [0.3, 0.4) is 0 Å². The van der Waals surface area contributed by atoms with E-state index in [0.29, 0.717) is 11.5 Å². The molecule has 0 aromatic carbocycles. The predicted octanol–water partition coefficient (Wildman–Crippen LogP) is 3.11. The van der Waals surface area contributed by atoms with Gasteiger partial charge in [-0.2, -0.15) is 0 Å². The third-order valence-corrected chi connectivity index (χ3v) is 5.08. The highest BCUT2D eigenvalue weighted by atomic mass is 32.1. The number of nitrogens with zero attached hydrogens (tertiary/aromatic N) is 2. The van der Waals surface area contributed by atoms with Crippen molar-refractivity contribution in [1.82, 2.24) is 9.88 Å². The Balaban J connectivity index is 1.50. The molecule has 0 radical (unpaired) electrons. The lowest BCUT2D eigenvalue weighted by Gasteiger charge is -2.32. The van der Waals surface area contributed by atoms with Gasteiger partial charge in [-0.15, -0.1) is 11.3 Å². The molecule has 2 aromatic rings. The molecule has 0 spiro atoms. The van der Waals surface area contributed by atoms with Crippen LogP contribution in [0.4, 0.5) is 0 Å². The van der Waals surface area contributed by atoms with E-state index < -0.39 is 0 Å². The van der Waals surface area contributed by atoms with Crippen molar-refractivity contribution in [2.75, 3.05) is 20.2 Å². The van der Waals surface area contributed by atoms with Crippen molar-refractivity contribution in [3.8, 4) is 0 Å². The van der Waals surface area contributed by atoms with E-state index in [0.717, 1.165) is 43.6 Å². The summed E-state index contributed by atoms with van der Waals surface area (Å²) < 4.78 is 10.8. The zero-order valence-electron chi connectivity index (χ0n) is 13.8. The number of hydrogen-bond acceptors (Lipinski definition) is 6. The zero-order valence-corrected chi connectivity index (χ0v) is 14.6. The molecule has 0 aliphatic carbocycles. The van der Waals surface area contributed by atoms with Gasteiger partial charge >= 0.3 is 5.97 Å². The SMILES string of the molecule is COC(=O)c1cc(CN2CCCC(OCc3cccnc3)C2)cs1. The summed E-state index contributed by atoms with van der Waals surface area (Å²) in [5.41, 5.74) is 2.27. The molecule has 1 aliphatic heterocycles. The second-order valence-electron chi connectivity index (χ2n) is 5.98. The molecule has 1 aliphatic rings. The molecule has 0 amide bonds. The molecule has 24 heavy (non-hydrogen) atoms. The number of likely N-dealkylation sites (tertiary alicyclic amines) is 1. The summed E-state index contributed by atoms with van der Waals surface area (Å²) in [7, 11) is 1.41. The Hall–Kier alpha value is -1.76. The molecule has 1 unspecified atom stereocenters. The first-order valence-electron chi connectivity index (χ1n) is 8.13. The summed E-state index contributed by atoms with van der Waals surface area (Å²) in [6.07, 6.45) is 6.09. The number of piperidine rings is 1. The molecule has 3 heterocycles. The summed E-state index contributed by atoms with van der Waals surface area (Å²) in [5.74, 6) is -0.262. The smallest absolute Gasteiger partial charge is 0.348 e. The maximum absolute atomic E-state index is 11.5. The number of thiophene rings is 1. The number of carbonyl (C=O) groups is 1. The van der Waals surface area contributed by atoms with Crippen LogP contribution in [0.2, 0.25) is 0 Å². The third-order valence-electron chi connectivity index (χ3n) is 4.12. The molecule has 1 fully saturated rings. The first-order chi connectivity index (χ1) is 11.7. The fraction of sp³-hybridized carbons (Fsp3) is 0.444. The van der Waals surface area contributed by atoms with Gasteiger partial charge in [-0.05, 0) is 48.0 Å². The topological polar surface area (TPSA) is 51.7 Å². The van der Waals surface area contributed by atoms with Crippen LogP contribution in [0.1, 0.15) is 33.6 Å². The quantitative estimate of drug-likeness (QED) is 0.752. The summed E-state index contributed by atoms with van der Waals surface area (Å²) in [6.45, 7) is 3.44. The Morgan fingerprint density at radius 1 is 1.46 bits per heavy atom. The average Bonchev–Trinajstić information content (AvgIpc) is 3.09. The van der Waals surface area contributed by atoms with E-state index in [9.17, 15) is 4.79 Å². The largest absolute Gasteiger partial charge is 0.465 e. The predicted molar refractivity (Wildman–Crippen MR) is 93.0 cm³/mol. The summed E-state index contributed by atoms with van der Waals surface area (Å²) in [5, 5.41) is 2.03. The fourth-order valence-corrected chi connectivity index (χ4v) is 3.73. The fourth-order valence-electron chi connectivity index (χ4n) is 2.91. The second kappa shape index (κ2) is 8.37. The van der Waals surface area contributed by atoms with Gasteiger partial charge in [0.1, 0.15) is 4.88 Å². The van der Waals surface area contributed by atoms with Gasteiger partial charge in [0.2, 0.25) is 0 Å². The molecule has 5 nitrogen and oxygen atoms in total. The number of esters is 1. The van der Waals surface area contributed by atoms with Crippen molar-refractivity contribution in [1.29, 1.82) is 0 Å². The van der Waals surface area contributed by atoms with Crippen molar-refractivity contribution < 1.29 is 14.3 Å². The van der Waals surface area contributed by atoms with E-state index in [4.69, 9.17) is 9.47 Å². The van der Waals surface area contributed by atoms with Crippen molar-refractivity contribution in [2.24, 2.45) is 0 Å². The molecule has 0 saturated carbocycles. The van der Waals surface area contributed by atoms with Gasteiger partial charge in [0, 0.05) is 25.5 Å². The van der Waals surface area contributed by atoms with Gasteiger partial charge in [0.25, 0.3) is 0 Å². The van der Waals surface area contributed by atoms with Gasteiger partial charge in [0.05, 0.1) is 19.8 Å². The lowest BCUT2D eigenvalue weighted by molar-refractivity contribution is -0.0121. The Morgan fingerprint density at radius 2 is 2.38 bits per heavy atom. The second-order valence-corrected chi connectivity index (χ2v) is 6.89. The Bertz CT molecular complexity index is 659. The van der Waals surface area contributed by atoms with Crippen LogP contribution in [-0.4, -0.2) is 42.2 Å². The van der Waals surface area contributed by atoms with Gasteiger partial charge in [-0.25, -0.2) is 4.79 Å². The number of methoxy groups -OCH3 is 1. The van der Waals surface area contributed by atoms with Gasteiger partial charge in [0.15, 0.2) is 0 Å². The maximum Gasteiger partial charge on any atom is 0.348 e. The van der Waals surface area contributed by atoms with E-state index in [1.165, 1.54) is 18.4 Å². The molecule has 0 bridgehead atoms. The zero-order chi connectivity index (χ0) is 16.8. The third kappa shape index (κ3) is 4.63. The Morgan fingerprint density at radius 3 is 3.17 bits per heavy atom. The van der Waals surface area contributed by atoms with Gasteiger partial charge in [-0.3, -0.25) is 9.88 Å². The van der Waals surface area contributed by atoms with Crippen molar-refractivity contribution >= 4 is 17.3 Å². The number of ether oxygens (including phenoxy) is 2. The Kier molecular flexibility index (Phi) is 5.96. The molecule has 2 aromatic heterocycles. The van der Waals surface area contributed by atoms with Crippen LogP contribution in [0, 0.1) is 0 Å². The van der Waals surface area contributed by atoms with E-state index in [-0.39, 0.29) is 12.1 Å². The number of rotatable bonds is 6. The molecule has 1 saturated heterocycles. The number of hydrogen-bond donors (Lipinski definition) is 0. The highest BCUT2D eigenvalue weighted by Crippen LogP contribution is 2.21. The minimum absolute atomic E-state index is 0.248. The molecular weight excluding hydrogens is 324 g/mol. The number of aromatic nitrogens is 1. The molecule has 0 N–H and O–H groups in total. The standard InChI is InChI=1S/C18H22N2O3S/c1-22-18(21)17-8-15(13-24-17)10-20-7-3-5-16(11-20)23-12-14-4-2-6-19-9-14/h2,4,6,8-9,13,16H,3,5,7,10-12H2,1H3. The van der Waals surface area contributed by atoms with Crippen molar-refractivity contribution in [3.63, 3.8) is 0 Å². The Labute approximate surface area is 146 Å². The normalized spacial score (nSPS) is 18.5. The van der Waals surface area contributed by atoms with Gasteiger partial charge in [-0.1, -0.05) is 6.07 Å². The number of carbonyl (C=O) groups excluding carboxylic acids is 1. The van der Waals surface area contributed by atoms with Crippen LogP contribution in [0.25, 0.3) is 0 Å². The highest BCUT2D eigenvalue weighted by Gasteiger charge is 2.21. The van der Waals surface area contributed by atoms with Crippen LogP contribution < -0.4 is 0 Å². The lowest BCUT2D eigenvalue weighted by atomic mass is 10.1. The maximum atomic E-state index is 11.5. The molecule has 6 heteroatoms. The molecule has 1 atom stereocenters. The summed E-state index contributed by atoms with van der Waals surface area (Å²) in [6, 6.07) is 5.89. The van der Waals surface area contributed by atoms with Crippen LogP contribution >= 0.6 is 11.3 Å². The highest BCUT2D eigenvalue weighted by molar-refractivity contribution is 7.12. The monoisotopic (exact) mass is 346 g/mol. The van der Waals surface area contributed by atoms with Crippen LogP contribution in [0.15, 0.2) is 36.0 Å². The number of pyridine rings is 1. The van der Waals surface area contributed by atoms with E-state index in [1.807, 2.05) is 29.8 Å². The summed E-state index contributed by atoms with van der Waals surface area (Å²) in [4.78, 5) is 18.7. The van der Waals surface area contributed by atoms with E-state index in [2.05, 4.69) is 9.88 Å². The summed E-state index contributed by atoms with van der Waals surface area (Å²) >= 11 is 1.44. The first-order valence-corrected chi connectivity index (χ1v) is 9.01. The minimum atomic E-state index is -0.262. The minimum Gasteiger partial charge on any atom is -0.465 e. The van der Waals surface area contributed by atoms with E-state index in [1.54, 1.807) is 6.20 Å². The van der Waals surface area contributed by atoms with E-state index >= 15 is 0 Å². The molecule has 128 valence electrons. The van der Waals surface area contributed by atoms with Crippen LogP contribution in [0.5, 0.6) is 0 Å². The lowest BCUT2D eigenvalue weighted by Crippen LogP contribution is -2.39. The van der Waals surface area contributed by atoms with Crippen molar-refractivity contribution in [3.05, 3.63) is 52.0 Å². The molecular formula is C18H22N2O3S. The molecule has 3 rings (SSSR count).